The summed E-state index contributed by atoms with van der Waals surface area (Å²) in [6.45, 7) is 6.96. The van der Waals surface area contributed by atoms with Gasteiger partial charge in [0.1, 0.15) is 11.7 Å². The standard InChI is InChI=1S/C12H18O4/c1-7(2)9(14)12(10(15)16-5)8(6-13)11(12,3)4/h6-8H,1-5H3. The van der Waals surface area contributed by atoms with Crippen molar-refractivity contribution in [1.82, 2.24) is 0 Å². The molecule has 0 aromatic rings. The second-order valence-electron chi connectivity index (χ2n) is 5.15. The first-order valence-corrected chi connectivity index (χ1v) is 5.36. The van der Waals surface area contributed by atoms with E-state index in [2.05, 4.69) is 0 Å². The van der Waals surface area contributed by atoms with Gasteiger partial charge >= 0.3 is 5.97 Å². The molecule has 0 amide bonds. The molecule has 0 heterocycles. The van der Waals surface area contributed by atoms with Crippen LogP contribution in [0, 0.1) is 22.7 Å². The zero-order chi connectivity index (χ0) is 12.7. The maximum Gasteiger partial charge on any atom is 0.320 e. The Labute approximate surface area is 95.3 Å². The molecule has 1 aliphatic rings. The third-order valence-corrected chi connectivity index (χ3v) is 3.73. The first kappa shape index (κ1) is 12.9. The number of carbonyl (C=O) groups excluding carboxylic acids is 3. The van der Waals surface area contributed by atoms with Gasteiger partial charge < -0.3 is 9.53 Å². The highest BCUT2D eigenvalue weighted by atomic mass is 16.5. The minimum absolute atomic E-state index is 0.207. The van der Waals surface area contributed by atoms with Crippen molar-refractivity contribution in [1.29, 1.82) is 0 Å². The lowest BCUT2D eigenvalue weighted by molar-refractivity contribution is -0.155. The third kappa shape index (κ3) is 1.25. The van der Waals surface area contributed by atoms with E-state index in [1.165, 1.54) is 7.11 Å². The Kier molecular flexibility index (Phi) is 2.96. The van der Waals surface area contributed by atoms with Crippen molar-refractivity contribution in [2.24, 2.45) is 22.7 Å². The average molecular weight is 226 g/mol. The van der Waals surface area contributed by atoms with Crippen LogP contribution in [0.1, 0.15) is 27.7 Å². The maximum absolute atomic E-state index is 12.2. The fourth-order valence-electron chi connectivity index (χ4n) is 2.65. The molecule has 0 aromatic carbocycles. The van der Waals surface area contributed by atoms with Crippen LogP contribution in [-0.2, 0) is 19.1 Å². The van der Waals surface area contributed by atoms with Crippen molar-refractivity contribution in [3.05, 3.63) is 0 Å². The van der Waals surface area contributed by atoms with E-state index in [4.69, 9.17) is 4.74 Å². The van der Waals surface area contributed by atoms with Crippen LogP contribution in [0.15, 0.2) is 0 Å². The van der Waals surface area contributed by atoms with E-state index in [0.717, 1.165) is 0 Å². The lowest BCUT2D eigenvalue weighted by atomic mass is 9.85. The van der Waals surface area contributed by atoms with Crippen molar-refractivity contribution < 1.29 is 19.1 Å². The lowest BCUT2D eigenvalue weighted by Gasteiger charge is -2.18. The van der Waals surface area contributed by atoms with Gasteiger partial charge in [0.05, 0.1) is 7.11 Å². The van der Waals surface area contributed by atoms with Gasteiger partial charge in [-0.3, -0.25) is 9.59 Å². The number of esters is 1. The summed E-state index contributed by atoms with van der Waals surface area (Å²) in [4.78, 5) is 35.0. The smallest absolute Gasteiger partial charge is 0.320 e. The average Bonchev–Trinajstić information content (AvgIpc) is 2.73. The van der Waals surface area contributed by atoms with Gasteiger partial charge in [-0.2, -0.15) is 0 Å². The monoisotopic (exact) mass is 226 g/mol. The highest BCUT2D eigenvalue weighted by Crippen LogP contribution is 2.69. The fourth-order valence-corrected chi connectivity index (χ4v) is 2.65. The third-order valence-electron chi connectivity index (χ3n) is 3.73. The summed E-state index contributed by atoms with van der Waals surface area (Å²) in [5.74, 6) is -1.65. The second-order valence-corrected chi connectivity index (χ2v) is 5.15. The van der Waals surface area contributed by atoms with E-state index in [9.17, 15) is 14.4 Å². The van der Waals surface area contributed by atoms with Crippen LogP contribution < -0.4 is 0 Å². The summed E-state index contributed by atoms with van der Waals surface area (Å²) in [6.07, 6.45) is 0.692. The molecule has 0 radical (unpaired) electrons. The molecule has 0 aliphatic heterocycles. The van der Waals surface area contributed by atoms with E-state index in [0.29, 0.717) is 6.29 Å². The molecule has 16 heavy (non-hydrogen) atoms. The minimum Gasteiger partial charge on any atom is -0.468 e. The zero-order valence-electron chi connectivity index (χ0n) is 10.4. The summed E-state index contributed by atoms with van der Waals surface area (Å²) in [7, 11) is 1.24. The summed E-state index contributed by atoms with van der Waals surface area (Å²) < 4.78 is 4.70. The van der Waals surface area contributed by atoms with Crippen molar-refractivity contribution in [3.63, 3.8) is 0 Å². The second kappa shape index (κ2) is 3.68. The summed E-state index contributed by atoms with van der Waals surface area (Å²) in [5, 5.41) is 0. The Bertz CT molecular complexity index is 343. The van der Waals surface area contributed by atoms with E-state index in [-0.39, 0.29) is 11.7 Å². The van der Waals surface area contributed by atoms with E-state index >= 15 is 0 Å². The van der Waals surface area contributed by atoms with Crippen LogP contribution in [-0.4, -0.2) is 25.1 Å². The number of methoxy groups -OCH3 is 1. The largest absolute Gasteiger partial charge is 0.468 e. The number of carbonyl (C=O) groups is 3. The SMILES string of the molecule is COC(=O)C1(C(=O)C(C)C)C(C=O)C1(C)C. The minimum atomic E-state index is -1.27. The van der Waals surface area contributed by atoms with E-state index in [1.807, 2.05) is 0 Å². The Morgan fingerprint density at radius 1 is 1.31 bits per heavy atom. The highest BCUT2D eigenvalue weighted by molar-refractivity contribution is 6.12. The molecule has 0 saturated heterocycles. The molecule has 0 bridgehead atoms. The predicted octanol–water partition coefficient (Wildman–Crippen LogP) is 1.23. The molecule has 0 N–H and O–H groups in total. The first-order chi connectivity index (χ1) is 7.28. The molecule has 4 heteroatoms. The molecule has 2 atom stereocenters. The van der Waals surface area contributed by atoms with Crippen molar-refractivity contribution in [2.45, 2.75) is 27.7 Å². The molecular weight excluding hydrogens is 208 g/mol. The Morgan fingerprint density at radius 3 is 2.06 bits per heavy atom. The van der Waals surface area contributed by atoms with Gasteiger partial charge in [0.25, 0.3) is 0 Å². The molecule has 1 aliphatic carbocycles. The van der Waals surface area contributed by atoms with Crippen LogP contribution >= 0.6 is 0 Å². The van der Waals surface area contributed by atoms with Gasteiger partial charge in [0.15, 0.2) is 5.78 Å². The first-order valence-electron chi connectivity index (χ1n) is 5.36. The van der Waals surface area contributed by atoms with Crippen molar-refractivity contribution >= 4 is 18.0 Å². The van der Waals surface area contributed by atoms with Crippen LogP contribution in [0.2, 0.25) is 0 Å². The maximum atomic E-state index is 12.2. The van der Waals surface area contributed by atoms with Gasteiger partial charge in [0, 0.05) is 11.8 Å². The summed E-state index contributed by atoms with van der Waals surface area (Å²) >= 11 is 0. The zero-order valence-corrected chi connectivity index (χ0v) is 10.4. The number of Topliss-reactive ketones (excluding diaryl/α,β-unsaturated/α-hetero) is 1. The van der Waals surface area contributed by atoms with Crippen LogP contribution in [0.4, 0.5) is 0 Å². The van der Waals surface area contributed by atoms with Gasteiger partial charge in [0.2, 0.25) is 0 Å². The number of aldehydes is 1. The highest BCUT2D eigenvalue weighted by Gasteiger charge is 2.80. The predicted molar refractivity (Wildman–Crippen MR) is 57.6 cm³/mol. The molecule has 0 aromatic heterocycles. The van der Waals surface area contributed by atoms with Crippen molar-refractivity contribution in [2.75, 3.05) is 7.11 Å². The Hall–Kier alpha value is -1.19. The molecule has 1 fully saturated rings. The topological polar surface area (TPSA) is 60.4 Å². The van der Waals surface area contributed by atoms with Crippen LogP contribution in [0.3, 0.4) is 0 Å². The molecule has 0 spiro atoms. The van der Waals surface area contributed by atoms with Crippen LogP contribution in [0.25, 0.3) is 0 Å². The molecule has 2 unspecified atom stereocenters. The van der Waals surface area contributed by atoms with E-state index in [1.54, 1.807) is 27.7 Å². The molecule has 1 rings (SSSR count). The summed E-state index contributed by atoms with van der Waals surface area (Å²) in [5.41, 5.74) is -1.90. The molecular formula is C12H18O4. The fraction of sp³-hybridized carbons (Fsp3) is 0.750. The molecule has 1 saturated carbocycles. The number of ketones is 1. The number of hydrogen-bond acceptors (Lipinski definition) is 4. The van der Waals surface area contributed by atoms with Crippen molar-refractivity contribution in [3.8, 4) is 0 Å². The van der Waals surface area contributed by atoms with Gasteiger partial charge in [-0.15, -0.1) is 0 Å². The van der Waals surface area contributed by atoms with E-state index < -0.39 is 22.7 Å². The molecule has 4 nitrogen and oxygen atoms in total. The number of hydrogen-bond donors (Lipinski definition) is 0. The quantitative estimate of drug-likeness (QED) is 0.411. The normalized spacial score (nSPS) is 31.0. The summed E-state index contributed by atoms with van der Waals surface area (Å²) in [6, 6.07) is 0. The Balaban J connectivity index is 3.23. The van der Waals surface area contributed by atoms with Gasteiger partial charge in [-0.25, -0.2) is 0 Å². The van der Waals surface area contributed by atoms with Gasteiger partial charge in [-0.1, -0.05) is 27.7 Å². The Morgan fingerprint density at radius 2 is 1.81 bits per heavy atom. The van der Waals surface area contributed by atoms with Gasteiger partial charge in [-0.05, 0) is 5.41 Å². The number of rotatable bonds is 4. The lowest BCUT2D eigenvalue weighted by Crippen LogP contribution is -2.35. The van der Waals surface area contributed by atoms with Crippen LogP contribution in [0.5, 0.6) is 0 Å². The molecule has 90 valence electrons. The number of ether oxygens (including phenoxy) is 1.